The Balaban J connectivity index is 2.90. The largest absolute Gasteiger partial charge is 0.287 e. The van der Waals surface area contributed by atoms with Gasteiger partial charge < -0.3 is 0 Å². The van der Waals surface area contributed by atoms with Crippen molar-refractivity contribution in [2.45, 2.75) is 20.8 Å². The Morgan fingerprint density at radius 3 is 1.29 bits per heavy atom. The maximum atomic E-state index is 12.6. The van der Waals surface area contributed by atoms with E-state index in [2.05, 4.69) is 0 Å². The molecule has 2 aliphatic heterocycles. The van der Waals surface area contributed by atoms with Crippen LogP contribution in [0.4, 0.5) is 0 Å². The van der Waals surface area contributed by atoms with Crippen LogP contribution in [0.5, 0.6) is 0 Å². The van der Waals surface area contributed by atoms with Crippen LogP contribution in [-0.4, -0.2) is 31.4 Å². The number of nitrogens with zero attached hydrogens (tertiary/aromatic N) is 3. The van der Waals surface area contributed by atoms with Crippen LogP contribution < -0.4 is 11.1 Å². The zero-order valence-electron chi connectivity index (χ0n) is 13.2. The first-order valence-electron chi connectivity index (χ1n) is 7.11. The van der Waals surface area contributed by atoms with Crippen LogP contribution in [0.15, 0.2) is 33.9 Å². The van der Waals surface area contributed by atoms with Crippen LogP contribution >= 0.6 is 0 Å². The van der Waals surface area contributed by atoms with Crippen molar-refractivity contribution in [2.24, 2.45) is 0 Å². The van der Waals surface area contributed by atoms with Gasteiger partial charge in [-0.25, -0.2) is 4.57 Å². The number of carbonyl (C=O) groups is 3. The topological polar surface area (TPSA) is 100 Å². The van der Waals surface area contributed by atoms with E-state index in [9.17, 15) is 24.0 Å². The molecule has 0 fully saturated rings. The SMILES string of the molecule is CC(=O)n1c(=O)c2n(C(C)=O)c3ccccc3n(C(C)=O)c=2c1=O. The molecule has 1 aromatic carbocycles. The number of para-hydroxylation sites is 2. The van der Waals surface area contributed by atoms with Crippen LogP contribution in [-0.2, 0) is 0 Å². The molecular weight excluding hydrogens is 314 g/mol. The van der Waals surface area contributed by atoms with Gasteiger partial charge in [0.25, 0.3) is 11.1 Å². The van der Waals surface area contributed by atoms with Crippen molar-refractivity contribution in [3.8, 4) is 0 Å². The highest BCUT2D eigenvalue weighted by Crippen LogP contribution is 2.15. The van der Waals surface area contributed by atoms with Crippen molar-refractivity contribution < 1.29 is 14.4 Å². The molecular formula is C16H13N3O5. The normalized spacial score (nSPS) is 11.1. The van der Waals surface area contributed by atoms with E-state index in [0.717, 1.165) is 16.1 Å². The van der Waals surface area contributed by atoms with Gasteiger partial charge in [-0.15, -0.1) is 0 Å². The molecule has 8 heteroatoms. The lowest BCUT2D eigenvalue weighted by Gasteiger charge is -2.12. The molecule has 0 N–H and O–H groups in total. The Hall–Kier alpha value is -3.29. The lowest BCUT2D eigenvalue weighted by Crippen LogP contribution is -2.32. The minimum Gasteiger partial charge on any atom is -0.274 e. The van der Waals surface area contributed by atoms with Crippen molar-refractivity contribution in [1.82, 2.24) is 13.7 Å². The summed E-state index contributed by atoms with van der Waals surface area (Å²) in [6, 6.07) is 6.40. The molecule has 0 amide bonds. The third kappa shape index (κ3) is 1.89. The van der Waals surface area contributed by atoms with Gasteiger partial charge in [-0.1, -0.05) is 12.1 Å². The number of carbonyl (C=O) groups excluding carboxylic acids is 3. The molecule has 0 aromatic heterocycles. The molecule has 0 bridgehead atoms. The fourth-order valence-electron chi connectivity index (χ4n) is 2.93. The first kappa shape index (κ1) is 15.6. The summed E-state index contributed by atoms with van der Waals surface area (Å²) in [6.45, 7) is 3.54. The van der Waals surface area contributed by atoms with E-state index in [-0.39, 0.29) is 10.7 Å². The number of benzene rings is 1. The Morgan fingerprint density at radius 1 is 0.667 bits per heavy atom. The molecule has 0 radical (unpaired) electrons. The van der Waals surface area contributed by atoms with Crippen LogP contribution in [0.2, 0.25) is 0 Å². The lowest BCUT2D eigenvalue weighted by atomic mass is 10.2. The summed E-state index contributed by atoms with van der Waals surface area (Å²) in [7, 11) is 0. The smallest absolute Gasteiger partial charge is 0.274 e. The van der Waals surface area contributed by atoms with Crippen LogP contribution in [0.25, 0.3) is 11.0 Å². The van der Waals surface area contributed by atoms with Gasteiger partial charge in [-0.2, -0.15) is 0 Å². The molecule has 2 aliphatic rings. The second kappa shape index (κ2) is 5.12. The molecule has 0 aliphatic carbocycles. The van der Waals surface area contributed by atoms with Crippen LogP contribution in [0.1, 0.15) is 35.2 Å². The molecule has 1 aromatic rings. The van der Waals surface area contributed by atoms with Crippen molar-refractivity contribution in [3.05, 3.63) is 55.7 Å². The quantitative estimate of drug-likeness (QED) is 0.604. The summed E-state index contributed by atoms with van der Waals surface area (Å²) in [5, 5.41) is -0.562. The van der Waals surface area contributed by atoms with E-state index in [1.165, 1.54) is 13.8 Å². The highest BCUT2D eigenvalue weighted by molar-refractivity contribution is 5.93. The number of hydrogen-bond acceptors (Lipinski definition) is 5. The molecule has 0 saturated heterocycles. The molecule has 3 rings (SSSR count). The maximum Gasteiger partial charge on any atom is 0.287 e. The summed E-state index contributed by atoms with van der Waals surface area (Å²) < 4.78 is 2.56. The molecule has 0 spiro atoms. The Morgan fingerprint density at radius 2 is 1.00 bits per heavy atom. The van der Waals surface area contributed by atoms with E-state index in [0.29, 0.717) is 15.6 Å². The predicted molar refractivity (Wildman–Crippen MR) is 84.7 cm³/mol. The van der Waals surface area contributed by atoms with Crippen molar-refractivity contribution in [2.75, 3.05) is 0 Å². The zero-order valence-corrected chi connectivity index (χ0v) is 13.2. The van der Waals surface area contributed by atoms with E-state index in [1.54, 1.807) is 24.3 Å². The summed E-state index contributed by atoms with van der Waals surface area (Å²) >= 11 is 0. The summed E-state index contributed by atoms with van der Waals surface area (Å²) in [6.07, 6.45) is 0. The molecule has 2 heterocycles. The number of fused-ring (bicyclic) bond motifs is 1. The Labute approximate surface area is 134 Å². The van der Waals surface area contributed by atoms with Gasteiger partial charge in [0.1, 0.15) is 10.7 Å². The van der Waals surface area contributed by atoms with E-state index in [1.807, 2.05) is 0 Å². The standard InChI is InChI=1S/C16H13N3O5/c1-8(20)17-11-6-4-5-7-12(11)18(9(2)21)14-13(17)15(23)19(10(3)22)16(14)24/h4-7H,1-3H3. The number of hydrogen-bond donors (Lipinski definition) is 0. The summed E-state index contributed by atoms with van der Waals surface area (Å²) in [4.78, 5) is 61.1. The maximum absolute atomic E-state index is 12.6. The van der Waals surface area contributed by atoms with Gasteiger partial charge in [-0.05, 0) is 12.1 Å². The van der Waals surface area contributed by atoms with Crippen LogP contribution in [0, 0.1) is 10.7 Å². The Kier molecular flexibility index (Phi) is 3.33. The second-order valence-corrected chi connectivity index (χ2v) is 5.36. The van der Waals surface area contributed by atoms with Gasteiger partial charge in [0.15, 0.2) is 0 Å². The molecule has 122 valence electrons. The van der Waals surface area contributed by atoms with Crippen molar-refractivity contribution >= 4 is 28.8 Å². The fraction of sp³-hybridized carbons (Fsp3) is 0.188. The molecule has 0 atom stereocenters. The monoisotopic (exact) mass is 327 g/mol. The average Bonchev–Trinajstić information content (AvgIpc) is 2.75. The molecule has 0 unspecified atom stereocenters. The average molecular weight is 327 g/mol. The predicted octanol–water partition coefficient (Wildman–Crippen LogP) is 0.670. The number of aromatic nitrogens is 3. The highest BCUT2D eigenvalue weighted by Gasteiger charge is 2.23. The van der Waals surface area contributed by atoms with Gasteiger partial charge in [-0.3, -0.25) is 33.1 Å². The first-order valence-corrected chi connectivity index (χ1v) is 7.11. The summed E-state index contributed by atoms with van der Waals surface area (Å²) in [5.41, 5.74) is -1.24. The second-order valence-electron chi connectivity index (χ2n) is 5.36. The van der Waals surface area contributed by atoms with Gasteiger partial charge in [0.05, 0.1) is 11.0 Å². The minimum atomic E-state index is -0.918. The third-order valence-electron chi connectivity index (χ3n) is 3.79. The fourth-order valence-corrected chi connectivity index (χ4v) is 2.93. The van der Waals surface area contributed by atoms with Gasteiger partial charge in [0.2, 0.25) is 17.7 Å². The van der Waals surface area contributed by atoms with E-state index in [4.69, 9.17) is 0 Å². The molecule has 0 saturated carbocycles. The lowest BCUT2D eigenvalue weighted by molar-refractivity contribution is 0.0918. The highest BCUT2D eigenvalue weighted by atomic mass is 16.2. The molecule has 8 nitrogen and oxygen atoms in total. The summed E-state index contributed by atoms with van der Waals surface area (Å²) in [5.74, 6) is -1.80. The van der Waals surface area contributed by atoms with Crippen LogP contribution in [0.3, 0.4) is 0 Å². The first-order chi connectivity index (χ1) is 11.3. The van der Waals surface area contributed by atoms with Crippen molar-refractivity contribution in [3.63, 3.8) is 0 Å². The minimum absolute atomic E-state index is 0.281. The number of rotatable bonds is 0. The van der Waals surface area contributed by atoms with Crippen molar-refractivity contribution in [1.29, 1.82) is 0 Å². The zero-order chi connectivity index (χ0) is 17.8. The third-order valence-corrected chi connectivity index (χ3v) is 3.79. The Bertz CT molecular complexity index is 1140. The van der Waals surface area contributed by atoms with Gasteiger partial charge >= 0.3 is 0 Å². The molecule has 24 heavy (non-hydrogen) atoms. The van der Waals surface area contributed by atoms with Gasteiger partial charge in [0, 0.05) is 20.8 Å². The van der Waals surface area contributed by atoms with E-state index < -0.39 is 28.8 Å². The van der Waals surface area contributed by atoms with E-state index >= 15 is 0 Å².